The highest BCUT2D eigenvalue weighted by Gasteiger charge is 2.38. The van der Waals surface area contributed by atoms with Crippen LogP contribution in [-0.2, 0) is 6.18 Å². The zero-order valence-corrected chi connectivity index (χ0v) is 13.5. The maximum atomic E-state index is 12.9. The van der Waals surface area contributed by atoms with E-state index in [1.807, 2.05) is 0 Å². The highest BCUT2D eigenvalue weighted by Crippen LogP contribution is 2.35. The molecule has 1 aromatic heterocycles. The number of amides is 2. The SMILES string of the molecule is O=C(Nc1cccc(Cl)c1)N1CC(Oc2ncccc2C(F)(F)F)C1. The molecule has 0 aliphatic carbocycles. The molecule has 2 amide bonds. The van der Waals surface area contributed by atoms with Gasteiger partial charge >= 0.3 is 12.2 Å². The number of nitrogens with one attached hydrogen (secondary N) is 1. The Morgan fingerprint density at radius 3 is 2.72 bits per heavy atom. The summed E-state index contributed by atoms with van der Waals surface area (Å²) in [5, 5.41) is 3.14. The van der Waals surface area contributed by atoms with Crippen LogP contribution in [-0.4, -0.2) is 35.1 Å². The summed E-state index contributed by atoms with van der Waals surface area (Å²) in [5.74, 6) is -0.477. The fraction of sp³-hybridized carbons (Fsp3) is 0.250. The molecule has 2 aromatic rings. The van der Waals surface area contributed by atoms with Gasteiger partial charge in [0.2, 0.25) is 5.88 Å². The van der Waals surface area contributed by atoms with Crippen LogP contribution in [0.25, 0.3) is 0 Å². The van der Waals surface area contributed by atoms with Crippen molar-refractivity contribution in [1.29, 1.82) is 0 Å². The van der Waals surface area contributed by atoms with Crippen molar-refractivity contribution in [2.75, 3.05) is 18.4 Å². The van der Waals surface area contributed by atoms with E-state index < -0.39 is 23.7 Å². The van der Waals surface area contributed by atoms with Crippen LogP contribution in [0.4, 0.5) is 23.7 Å². The second kappa shape index (κ2) is 6.79. The van der Waals surface area contributed by atoms with Gasteiger partial charge in [0.05, 0.1) is 13.1 Å². The molecule has 0 saturated carbocycles. The molecule has 5 nitrogen and oxygen atoms in total. The van der Waals surface area contributed by atoms with Crippen LogP contribution in [0.5, 0.6) is 5.88 Å². The first-order valence-electron chi connectivity index (χ1n) is 7.33. The van der Waals surface area contributed by atoms with E-state index in [1.54, 1.807) is 24.3 Å². The third-order valence-electron chi connectivity index (χ3n) is 3.57. The van der Waals surface area contributed by atoms with Crippen molar-refractivity contribution in [3.63, 3.8) is 0 Å². The summed E-state index contributed by atoms with van der Waals surface area (Å²) in [6.07, 6.45) is -3.86. The molecule has 1 aliphatic heterocycles. The highest BCUT2D eigenvalue weighted by molar-refractivity contribution is 6.30. The van der Waals surface area contributed by atoms with Crippen LogP contribution >= 0.6 is 11.6 Å². The number of carbonyl (C=O) groups excluding carboxylic acids is 1. The average Bonchev–Trinajstić information content (AvgIpc) is 2.49. The van der Waals surface area contributed by atoms with Gasteiger partial charge in [0, 0.05) is 16.9 Å². The monoisotopic (exact) mass is 371 g/mol. The zero-order chi connectivity index (χ0) is 18.0. The minimum atomic E-state index is -4.54. The molecular formula is C16H13ClF3N3O2. The van der Waals surface area contributed by atoms with E-state index >= 15 is 0 Å². The molecule has 2 heterocycles. The smallest absolute Gasteiger partial charge is 0.421 e. The van der Waals surface area contributed by atoms with Crippen LogP contribution in [0, 0.1) is 0 Å². The molecule has 1 saturated heterocycles. The maximum Gasteiger partial charge on any atom is 0.421 e. The number of rotatable bonds is 3. The minimum absolute atomic E-state index is 0.167. The first-order chi connectivity index (χ1) is 11.8. The van der Waals surface area contributed by atoms with Gasteiger partial charge in [0.15, 0.2) is 0 Å². The molecular weight excluding hydrogens is 359 g/mol. The standard InChI is InChI=1S/C16H13ClF3N3O2/c17-10-3-1-4-11(7-10)22-15(24)23-8-12(9-23)25-14-13(16(18,19)20)5-2-6-21-14/h1-7,12H,8-9H2,(H,22,24). The third kappa shape index (κ3) is 4.14. The molecule has 0 bridgehead atoms. The molecule has 1 N–H and O–H groups in total. The molecule has 9 heteroatoms. The number of aromatic nitrogens is 1. The van der Waals surface area contributed by atoms with Crippen LogP contribution in [0.2, 0.25) is 5.02 Å². The highest BCUT2D eigenvalue weighted by atomic mass is 35.5. The van der Waals surface area contributed by atoms with E-state index in [2.05, 4.69) is 10.3 Å². The lowest BCUT2D eigenvalue weighted by Gasteiger charge is -2.38. The quantitative estimate of drug-likeness (QED) is 0.885. The topological polar surface area (TPSA) is 54.5 Å². The average molecular weight is 372 g/mol. The number of ether oxygens (including phenoxy) is 1. The predicted molar refractivity (Wildman–Crippen MR) is 85.7 cm³/mol. The predicted octanol–water partition coefficient (Wildman–Crippen LogP) is 4.05. The number of benzene rings is 1. The number of carbonyl (C=O) groups is 1. The maximum absolute atomic E-state index is 12.9. The lowest BCUT2D eigenvalue weighted by molar-refractivity contribution is -0.140. The Labute approximate surface area is 146 Å². The Hall–Kier alpha value is -2.48. The third-order valence-corrected chi connectivity index (χ3v) is 3.80. The second-order valence-corrected chi connectivity index (χ2v) is 5.88. The van der Waals surface area contributed by atoms with Gasteiger partial charge in [-0.3, -0.25) is 0 Å². The lowest BCUT2D eigenvalue weighted by atomic mass is 10.2. The molecule has 0 spiro atoms. The van der Waals surface area contributed by atoms with Crippen molar-refractivity contribution in [3.05, 3.63) is 53.2 Å². The van der Waals surface area contributed by atoms with E-state index in [-0.39, 0.29) is 19.1 Å². The number of alkyl halides is 3. The summed E-state index contributed by atoms with van der Waals surface area (Å²) < 4.78 is 44.0. The summed E-state index contributed by atoms with van der Waals surface area (Å²) in [4.78, 5) is 17.1. The molecule has 0 radical (unpaired) electrons. The van der Waals surface area contributed by atoms with Gasteiger partial charge in [-0.15, -0.1) is 0 Å². The van der Waals surface area contributed by atoms with Crippen LogP contribution < -0.4 is 10.1 Å². The lowest BCUT2D eigenvalue weighted by Crippen LogP contribution is -2.57. The fourth-order valence-electron chi connectivity index (χ4n) is 2.31. The zero-order valence-electron chi connectivity index (χ0n) is 12.8. The Morgan fingerprint density at radius 2 is 2.04 bits per heavy atom. The minimum Gasteiger partial charge on any atom is -0.470 e. The number of nitrogens with zero attached hydrogens (tertiary/aromatic N) is 2. The van der Waals surface area contributed by atoms with Gasteiger partial charge in [-0.2, -0.15) is 13.2 Å². The molecule has 132 valence electrons. The second-order valence-electron chi connectivity index (χ2n) is 5.44. The van der Waals surface area contributed by atoms with E-state index in [0.717, 1.165) is 6.07 Å². The first-order valence-corrected chi connectivity index (χ1v) is 7.71. The van der Waals surface area contributed by atoms with Gasteiger partial charge in [-0.05, 0) is 30.3 Å². The largest absolute Gasteiger partial charge is 0.470 e. The van der Waals surface area contributed by atoms with Gasteiger partial charge in [0.1, 0.15) is 11.7 Å². The van der Waals surface area contributed by atoms with Crippen molar-refractivity contribution < 1.29 is 22.7 Å². The van der Waals surface area contributed by atoms with E-state index in [1.165, 1.54) is 17.2 Å². The Balaban J connectivity index is 1.56. The van der Waals surface area contributed by atoms with Crippen molar-refractivity contribution in [1.82, 2.24) is 9.88 Å². The summed E-state index contributed by atoms with van der Waals surface area (Å²) >= 11 is 5.84. The summed E-state index contributed by atoms with van der Waals surface area (Å²) in [6, 6.07) is 8.37. The van der Waals surface area contributed by atoms with E-state index in [4.69, 9.17) is 16.3 Å². The van der Waals surface area contributed by atoms with E-state index in [0.29, 0.717) is 10.7 Å². The molecule has 25 heavy (non-hydrogen) atoms. The normalized spacial score (nSPS) is 14.8. The number of pyridine rings is 1. The van der Waals surface area contributed by atoms with Crippen molar-refractivity contribution >= 4 is 23.3 Å². The van der Waals surface area contributed by atoms with Gasteiger partial charge in [-0.1, -0.05) is 17.7 Å². The first kappa shape index (κ1) is 17.3. The molecule has 3 rings (SSSR count). The molecule has 1 aromatic carbocycles. The number of likely N-dealkylation sites (tertiary alicyclic amines) is 1. The molecule has 1 aliphatic rings. The van der Waals surface area contributed by atoms with Gasteiger partial charge in [0.25, 0.3) is 0 Å². The van der Waals surface area contributed by atoms with Crippen LogP contribution in [0.15, 0.2) is 42.6 Å². The molecule has 1 fully saturated rings. The van der Waals surface area contributed by atoms with Gasteiger partial charge < -0.3 is 15.0 Å². The van der Waals surface area contributed by atoms with E-state index in [9.17, 15) is 18.0 Å². The fourth-order valence-corrected chi connectivity index (χ4v) is 2.50. The number of urea groups is 1. The van der Waals surface area contributed by atoms with Crippen molar-refractivity contribution in [2.24, 2.45) is 0 Å². The van der Waals surface area contributed by atoms with Crippen molar-refractivity contribution in [2.45, 2.75) is 12.3 Å². The Morgan fingerprint density at radius 1 is 1.28 bits per heavy atom. The number of hydrogen-bond acceptors (Lipinski definition) is 3. The van der Waals surface area contributed by atoms with Crippen molar-refractivity contribution in [3.8, 4) is 5.88 Å². The summed E-state index contributed by atoms with van der Waals surface area (Å²) in [7, 11) is 0. The number of halogens is 4. The Bertz CT molecular complexity index is 779. The molecule has 0 atom stereocenters. The number of anilines is 1. The summed E-state index contributed by atoms with van der Waals surface area (Å²) in [5.41, 5.74) is -0.400. The van der Waals surface area contributed by atoms with Crippen LogP contribution in [0.3, 0.4) is 0 Å². The van der Waals surface area contributed by atoms with Gasteiger partial charge in [-0.25, -0.2) is 9.78 Å². The number of hydrogen-bond donors (Lipinski definition) is 1. The van der Waals surface area contributed by atoms with Crippen LogP contribution in [0.1, 0.15) is 5.56 Å². The molecule has 0 unspecified atom stereocenters. The Kier molecular flexibility index (Phi) is 4.71. The summed E-state index contributed by atoms with van der Waals surface area (Å²) in [6.45, 7) is 0.334.